The molecule has 1 saturated heterocycles. The lowest BCUT2D eigenvalue weighted by Gasteiger charge is -2.34. The number of carbonyl (C=O) groups is 2. The molecule has 4 aromatic rings. The predicted octanol–water partition coefficient (Wildman–Crippen LogP) is 2.60. The lowest BCUT2D eigenvalue weighted by Crippen LogP contribution is -2.49. The number of benzene rings is 2. The number of anilines is 1. The van der Waals surface area contributed by atoms with E-state index in [1.807, 2.05) is 59.5 Å². The summed E-state index contributed by atoms with van der Waals surface area (Å²) in [7, 11) is 0. The molecule has 2 aromatic carbocycles. The summed E-state index contributed by atoms with van der Waals surface area (Å²) in [6, 6.07) is 19.8. The number of aryl methyl sites for hydroxylation is 1. The zero-order valence-corrected chi connectivity index (χ0v) is 20.1. The number of aromatic nitrogens is 4. The molecule has 9 nitrogen and oxygen atoms in total. The van der Waals surface area contributed by atoms with Crippen LogP contribution in [0, 0.1) is 0 Å². The summed E-state index contributed by atoms with van der Waals surface area (Å²) in [6.45, 7) is 2.98. The minimum absolute atomic E-state index is 0.0507. The fourth-order valence-electron chi connectivity index (χ4n) is 4.50. The Morgan fingerprint density at radius 2 is 1.56 bits per heavy atom. The zero-order valence-electron chi connectivity index (χ0n) is 20.1. The highest BCUT2D eigenvalue weighted by atomic mass is 16.2. The normalized spacial score (nSPS) is 13.7. The standard InChI is InChI=1S/C27H29N7O2/c35-25(28-16-13-26(36)32-17-19-33(20-18-32)27-29-14-6-15-30-27)12-11-24-31-22-9-4-5-10-23(22)34(24)21-7-2-1-3-8-21/h1-10,14-15H,11-13,16-20H2,(H,28,35). The first kappa shape index (κ1) is 23.5. The summed E-state index contributed by atoms with van der Waals surface area (Å²) in [4.78, 5) is 42.4. The van der Waals surface area contributed by atoms with Crippen LogP contribution in [0.1, 0.15) is 18.7 Å². The van der Waals surface area contributed by atoms with Crippen LogP contribution in [0.4, 0.5) is 5.95 Å². The van der Waals surface area contributed by atoms with Gasteiger partial charge in [-0.25, -0.2) is 15.0 Å². The highest BCUT2D eigenvalue weighted by Crippen LogP contribution is 2.22. The Morgan fingerprint density at radius 3 is 2.33 bits per heavy atom. The number of piperazine rings is 1. The third-order valence-electron chi connectivity index (χ3n) is 6.35. The van der Waals surface area contributed by atoms with E-state index in [1.54, 1.807) is 18.5 Å². The number of nitrogens with one attached hydrogen (secondary N) is 1. The first-order valence-electron chi connectivity index (χ1n) is 12.3. The third-order valence-corrected chi connectivity index (χ3v) is 6.35. The lowest BCUT2D eigenvalue weighted by atomic mass is 10.2. The second-order valence-corrected chi connectivity index (χ2v) is 8.70. The molecule has 0 saturated carbocycles. The van der Waals surface area contributed by atoms with Gasteiger partial charge in [0.1, 0.15) is 5.82 Å². The summed E-state index contributed by atoms with van der Waals surface area (Å²) < 4.78 is 2.10. The van der Waals surface area contributed by atoms with E-state index >= 15 is 0 Å². The van der Waals surface area contributed by atoms with Crippen molar-refractivity contribution in [1.82, 2.24) is 29.7 Å². The summed E-state index contributed by atoms with van der Waals surface area (Å²) >= 11 is 0. The van der Waals surface area contributed by atoms with Gasteiger partial charge in [0.25, 0.3) is 0 Å². The molecule has 1 aliphatic rings. The molecule has 0 spiro atoms. The summed E-state index contributed by atoms with van der Waals surface area (Å²) in [6.07, 6.45) is 4.54. The van der Waals surface area contributed by atoms with Crippen LogP contribution in [0.2, 0.25) is 0 Å². The average Bonchev–Trinajstić information content (AvgIpc) is 3.31. The van der Waals surface area contributed by atoms with Crippen LogP contribution in [0.15, 0.2) is 73.1 Å². The number of hydrogen-bond acceptors (Lipinski definition) is 6. The summed E-state index contributed by atoms with van der Waals surface area (Å²) in [5.74, 6) is 1.50. The number of para-hydroxylation sites is 3. The molecule has 0 aliphatic carbocycles. The maximum absolute atomic E-state index is 12.6. The largest absolute Gasteiger partial charge is 0.356 e. The Balaban J connectivity index is 1.10. The quantitative estimate of drug-likeness (QED) is 0.414. The molecule has 0 radical (unpaired) electrons. The van der Waals surface area contributed by atoms with Crippen molar-refractivity contribution in [3.63, 3.8) is 0 Å². The molecule has 1 fully saturated rings. The third kappa shape index (κ3) is 5.35. The molecule has 2 amide bonds. The van der Waals surface area contributed by atoms with E-state index in [9.17, 15) is 9.59 Å². The van der Waals surface area contributed by atoms with Crippen molar-refractivity contribution in [2.24, 2.45) is 0 Å². The fraction of sp³-hybridized carbons (Fsp3) is 0.296. The van der Waals surface area contributed by atoms with Crippen molar-refractivity contribution in [2.45, 2.75) is 19.3 Å². The molecule has 0 atom stereocenters. The number of hydrogen-bond donors (Lipinski definition) is 1. The molecule has 184 valence electrons. The van der Waals surface area contributed by atoms with Crippen molar-refractivity contribution < 1.29 is 9.59 Å². The Kier molecular flexibility index (Phi) is 7.16. The average molecular weight is 484 g/mol. The Bertz CT molecular complexity index is 1320. The number of rotatable bonds is 8. The molecule has 3 heterocycles. The van der Waals surface area contributed by atoms with Gasteiger partial charge in [-0.15, -0.1) is 0 Å². The smallest absolute Gasteiger partial charge is 0.225 e. The van der Waals surface area contributed by atoms with Gasteiger partial charge >= 0.3 is 0 Å². The number of imidazole rings is 1. The lowest BCUT2D eigenvalue weighted by molar-refractivity contribution is -0.131. The zero-order chi connectivity index (χ0) is 24.7. The van der Waals surface area contributed by atoms with Crippen LogP contribution < -0.4 is 10.2 Å². The number of nitrogens with zero attached hydrogens (tertiary/aromatic N) is 6. The molecule has 9 heteroatoms. The predicted molar refractivity (Wildman–Crippen MR) is 138 cm³/mol. The van der Waals surface area contributed by atoms with Crippen LogP contribution >= 0.6 is 0 Å². The number of fused-ring (bicyclic) bond motifs is 1. The fourth-order valence-corrected chi connectivity index (χ4v) is 4.50. The number of amides is 2. The topological polar surface area (TPSA) is 96.2 Å². The SMILES string of the molecule is O=C(CCc1nc2ccccc2n1-c1ccccc1)NCCC(=O)N1CCN(c2ncccn2)CC1. The van der Waals surface area contributed by atoms with Gasteiger partial charge in [0.05, 0.1) is 11.0 Å². The van der Waals surface area contributed by atoms with Gasteiger partial charge in [-0.3, -0.25) is 14.2 Å². The van der Waals surface area contributed by atoms with E-state index < -0.39 is 0 Å². The molecule has 2 aromatic heterocycles. The van der Waals surface area contributed by atoms with Crippen molar-refractivity contribution in [1.29, 1.82) is 0 Å². The van der Waals surface area contributed by atoms with Crippen LogP contribution in [-0.4, -0.2) is 69.0 Å². The molecule has 36 heavy (non-hydrogen) atoms. The van der Waals surface area contributed by atoms with Gasteiger partial charge in [-0.1, -0.05) is 30.3 Å². The van der Waals surface area contributed by atoms with Crippen LogP contribution in [0.3, 0.4) is 0 Å². The van der Waals surface area contributed by atoms with Gasteiger partial charge in [0.15, 0.2) is 0 Å². The van der Waals surface area contributed by atoms with E-state index in [2.05, 4.69) is 24.8 Å². The van der Waals surface area contributed by atoms with Crippen molar-refractivity contribution in [3.8, 4) is 5.69 Å². The van der Waals surface area contributed by atoms with Crippen LogP contribution in [0.5, 0.6) is 0 Å². The van der Waals surface area contributed by atoms with E-state index in [4.69, 9.17) is 4.98 Å². The molecule has 0 unspecified atom stereocenters. The summed E-state index contributed by atoms with van der Waals surface area (Å²) in [5.41, 5.74) is 2.94. The molecule has 5 rings (SSSR count). The maximum atomic E-state index is 12.6. The van der Waals surface area contributed by atoms with E-state index in [1.165, 1.54) is 0 Å². The van der Waals surface area contributed by atoms with Crippen molar-refractivity contribution >= 4 is 28.8 Å². The maximum Gasteiger partial charge on any atom is 0.225 e. The Hall–Kier alpha value is -4.27. The highest BCUT2D eigenvalue weighted by molar-refractivity contribution is 5.80. The van der Waals surface area contributed by atoms with E-state index in [0.29, 0.717) is 51.5 Å². The van der Waals surface area contributed by atoms with Crippen molar-refractivity contribution in [3.05, 3.63) is 78.9 Å². The van der Waals surface area contributed by atoms with Gasteiger partial charge in [0.2, 0.25) is 17.8 Å². The Morgan fingerprint density at radius 1 is 0.833 bits per heavy atom. The minimum atomic E-state index is -0.0829. The monoisotopic (exact) mass is 483 g/mol. The van der Waals surface area contributed by atoms with Crippen LogP contribution in [0.25, 0.3) is 16.7 Å². The highest BCUT2D eigenvalue weighted by Gasteiger charge is 2.22. The molecule has 1 aliphatic heterocycles. The van der Waals surface area contributed by atoms with Gasteiger partial charge in [-0.2, -0.15) is 0 Å². The first-order valence-corrected chi connectivity index (χ1v) is 12.3. The molecule has 0 bridgehead atoms. The molecule has 1 N–H and O–H groups in total. The van der Waals surface area contributed by atoms with Gasteiger partial charge < -0.3 is 15.1 Å². The van der Waals surface area contributed by atoms with Gasteiger partial charge in [0, 0.05) is 70.1 Å². The van der Waals surface area contributed by atoms with E-state index in [0.717, 1.165) is 22.5 Å². The number of carbonyl (C=O) groups excluding carboxylic acids is 2. The minimum Gasteiger partial charge on any atom is -0.356 e. The van der Waals surface area contributed by atoms with Crippen molar-refractivity contribution in [2.75, 3.05) is 37.6 Å². The van der Waals surface area contributed by atoms with Gasteiger partial charge in [-0.05, 0) is 30.3 Å². The Labute approximate surface area is 209 Å². The summed E-state index contributed by atoms with van der Waals surface area (Å²) in [5, 5.41) is 2.90. The molecular weight excluding hydrogens is 454 g/mol. The van der Waals surface area contributed by atoms with Crippen LogP contribution in [-0.2, 0) is 16.0 Å². The molecular formula is C27H29N7O2. The second kappa shape index (κ2) is 11.0. The second-order valence-electron chi connectivity index (χ2n) is 8.70. The van der Waals surface area contributed by atoms with E-state index in [-0.39, 0.29) is 18.2 Å². The first-order chi connectivity index (χ1) is 17.7.